The van der Waals surface area contributed by atoms with E-state index in [0.29, 0.717) is 23.4 Å². The molecule has 1 aliphatic carbocycles. The zero-order valence-corrected chi connectivity index (χ0v) is 26.2. The number of hydrogen-bond donors (Lipinski definition) is 0. The fourth-order valence-electron chi connectivity index (χ4n) is 6.46. The molecule has 6 nitrogen and oxygen atoms in total. The van der Waals surface area contributed by atoms with Crippen LogP contribution in [0.1, 0.15) is 19.2 Å². The Morgan fingerprint density at radius 1 is 0.604 bits per heavy atom. The molecule has 0 N–H and O–H groups in total. The van der Waals surface area contributed by atoms with E-state index in [2.05, 4.69) is 83.7 Å². The zero-order chi connectivity index (χ0) is 32.0. The topological polar surface area (TPSA) is 77.6 Å². The smallest absolute Gasteiger partial charge is 0.167 e. The summed E-state index contributed by atoms with van der Waals surface area (Å²) >= 11 is 0. The molecule has 0 aliphatic heterocycles. The van der Waals surface area contributed by atoms with Crippen LogP contribution >= 0.6 is 0 Å². The molecule has 0 spiro atoms. The Labute approximate surface area is 277 Å². The average Bonchev–Trinajstić information content (AvgIpc) is 3.53. The van der Waals surface area contributed by atoms with Gasteiger partial charge in [-0.1, -0.05) is 110 Å². The van der Waals surface area contributed by atoms with Gasteiger partial charge < -0.3 is 4.42 Å². The first-order chi connectivity index (χ1) is 23.7. The second kappa shape index (κ2) is 11.5. The van der Waals surface area contributed by atoms with Gasteiger partial charge in [-0.05, 0) is 53.3 Å². The molecule has 1 unspecified atom stereocenters. The number of furan rings is 1. The van der Waals surface area contributed by atoms with Gasteiger partial charge >= 0.3 is 0 Å². The third-order valence-corrected chi connectivity index (χ3v) is 8.99. The normalized spacial score (nSPS) is 14.5. The van der Waals surface area contributed by atoms with Crippen molar-refractivity contribution in [3.8, 4) is 45.0 Å². The summed E-state index contributed by atoms with van der Waals surface area (Å²) in [6, 6.07) is 37.3. The quantitative estimate of drug-likeness (QED) is 0.191. The molecule has 0 saturated carbocycles. The fourth-order valence-corrected chi connectivity index (χ4v) is 6.46. The summed E-state index contributed by atoms with van der Waals surface area (Å²) in [5, 5.41) is 2.06. The van der Waals surface area contributed by atoms with Gasteiger partial charge in [-0.15, -0.1) is 0 Å². The van der Waals surface area contributed by atoms with Crippen molar-refractivity contribution >= 4 is 38.5 Å². The van der Waals surface area contributed by atoms with E-state index in [1.54, 1.807) is 12.4 Å². The molecular formula is C42H29N5O. The van der Waals surface area contributed by atoms with Crippen molar-refractivity contribution in [1.82, 2.24) is 24.9 Å². The second-order valence-electron chi connectivity index (χ2n) is 12.2. The molecule has 8 aromatic rings. The number of hydrogen-bond acceptors (Lipinski definition) is 6. The number of benzene rings is 5. The van der Waals surface area contributed by atoms with Gasteiger partial charge in [-0.2, -0.15) is 0 Å². The van der Waals surface area contributed by atoms with Crippen molar-refractivity contribution < 1.29 is 4.42 Å². The summed E-state index contributed by atoms with van der Waals surface area (Å²) in [6.45, 7) is 2.21. The molecule has 5 aromatic carbocycles. The Bertz CT molecular complexity index is 2540. The zero-order valence-electron chi connectivity index (χ0n) is 26.2. The molecule has 0 radical (unpaired) electrons. The van der Waals surface area contributed by atoms with E-state index in [0.717, 1.165) is 78.3 Å². The molecule has 1 atom stereocenters. The SMILES string of the molecule is CC1C=CC(c2nc(-c3ccccc3)nc(-c3cc(-c4ccc(-c5cccc6nccnc56)cc4)cc4c3oc3ccccc34)n2)=CC1. The van der Waals surface area contributed by atoms with Crippen LogP contribution in [0.5, 0.6) is 0 Å². The van der Waals surface area contributed by atoms with Crippen LogP contribution in [0.3, 0.4) is 0 Å². The minimum absolute atomic E-state index is 0.482. The Balaban J connectivity index is 1.24. The van der Waals surface area contributed by atoms with Crippen molar-refractivity contribution in [2.75, 3.05) is 0 Å². The monoisotopic (exact) mass is 619 g/mol. The summed E-state index contributed by atoms with van der Waals surface area (Å²) in [6.07, 6.45) is 11.0. The van der Waals surface area contributed by atoms with Gasteiger partial charge in [0.15, 0.2) is 17.5 Å². The molecule has 3 heterocycles. The Kier molecular flexibility index (Phi) is 6.71. The molecule has 228 valence electrons. The molecule has 0 amide bonds. The highest BCUT2D eigenvalue weighted by molar-refractivity contribution is 6.11. The summed E-state index contributed by atoms with van der Waals surface area (Å²) in [5.74, 6) is 2.33. The number of para-hydroxylation sites is 2. The molecule has 3 aromatic heterocycles. The Morgan fingerprint density at radius 3 is 2.23 bits per heavy atom. The van der Waals surface area contributed by atoms with Crippen LogP contribution in [0.2, 0.25) is 0 Å². The van der Waals surface area contributed by atoms with Crippen molar-refractivity contribution in [2.24, 2.45) is 5.92 Å². The van der Waals surface area contributed by atoms with E-state index in [9.17, 15) is 0 Å². The number of aromatic nitrogens is 5. The number of rotatable bonds is 5. The van der Waals surface area contributed by atoms with Crippen LogP contribution in [0.25, 0.3) is 83.6 Å². The Hall–Kier alpha value is -6.27. The van der Waals surface area contributed by atoms with E-state index in [1.165, 1.54) is 0 Å². The third kappa shape index (κ3) is 4.95. The van der Waals surface area contributed by atoms with E-state index < -0.39 is 0 Å². The lowest BCUT2D eigenvalue weighted by molar-refractivity contribution is 0.669. The molecule has 6 heteroatoms. The minimum Gasteiger partial charge on any atom is -0.455 e. The van der Waals surface area contributed by atoms with E-state index in [4.69, 9.17) is 19.4 Å². The maximum atomic E-state index is 6.55. The minimum atomic E-state index is 0.482. The number of nitrogens with zero attached hydrogens (tertiary/aromatic N) is 5. The van der Waals surface area contributed by atoms with Gasteiger partial charge in [0.2, 0.25) is 0 Å². The van der Waals surface area contributed by atoms with Crippen molar-refractivity contribution in [1.29, 1.82) is 0 Å². The molecule has 48 heavy (non-hydrogen) atoms. The van der Waals surface area contributed by atoms with Crippen LogP contribution in [-0.2, 0) is 0 Å². The molecule has 1 aliphatic rings. The molecule has 9 rings (SSSR count). The predicted molar refractivity (Wildman–Crippen MR) is 193 cm³/mol. The lowest BCUT2D eigenvalue weighted by atomic mass is 9.96. The lowest BCUT2D eigenvalue weighted by Crippen LogP contribution is -2.04. The van der Waals surface area contributed by atoms with Gasteiger partial charge in [0.1, 0.15) is 11.2 Å². The standard InChI is InChI=1S/C42H29N5O/c1-26-14-16-30(17-15-26)41-45-40(29-8-3-2-4-9-29)46-42(47-41)35-25-31(24-34-33-10-5-6-13-37(33)48-39(34)35)27-18-20-28(21-19-27)32-11-7-12-36-38(32)44-23-22-43-36/h2-14,16-26H,15H2,1H3. The van der Waals surface area contributed by atoms with Crippen LogP contribution in [-0.4, -0.2) is 24.9 Å². The highest BCUT2D eigenvalue weighted by Gasteiger charge is 2.20. The van der Waals surface area contributed by atoms with Gasteiger partial charge in [0, 0.05) is 39.9 Å². The van der Waals surface area contributed by atoms with Gasteiger partial charge in [-0.3, -0.25) is 9.97 Å². The van der Waals surface area contributed by atoms with Crippen LogP contribution in [0.15, 0.2) is 144 Å². The first kappa shape index (κ1) is 28.0. The van der Waals surface area contributed by atoms with Crippen molar-refractivity contribution in [2.45, 2.75) is 13.3 Å². The summed E-state index contributed by atoms with van der Waals surface area (Å²) < 4.78 is 6.55. The van der Waals surface area contributed by atoms with Crippen LogP contribution < -0.4 is 0 Å². The van der Waals surface area contributed by atoms with E-state index in [1.807, 2.05) is 60.7 Å². The van der Waals surface area contributed by atoms with Crippen molar-refractivity contribution in [3.05, 3.63) is 146 Å². The molecule has 0 bridgehead atoms. The third-order valence-electron chi connectivity index (χ3n) is 8.99. The first-order valence-corrected chi connectivity index (χ1v) is 16.1. The number of fused-ring (bicyclic) bond motifs is 4. The highest BCUT2D eigenvalue weighted by atomic mass is 16.3. The highest BCUT2D eigenvalue weighted by Crippen LogP contribution is 2.40. The molecular weight excluding hydrogens is 590 g/mol. The van der Waals surface area contributed by atoms with Crippen LogP contribution in [0, 0.1) is 5.92 Å². The molecule has 0 saturated heterocycles. The van der Waals surface area contributed by atoms with E-state index >= 15 is 0 Å². The maximum absolute atomic E-state index is 6.55. The van der Waals surface area contributed by atoms with Gasteiger partial charge in [-0.25, -0.2) is 15.0 Å². The average molecular weight is 620 g/mol. The predicted octanol–water partition coefficient (Wildman–Crippen LogP) is 10.4. The van der Waals surface area contributed by atoms with Gasteiger partial charge in [0.25, 0.3) is 0 Å². The fraction of sp³-hybridized carbons (Fsp3) is 0.0714. The summed E-state index contributed by atoms with van der Waals surface area (Å²) in [5.41, 5.74) is 10.3. The summed E-state index contributed by atoms with van der Waals surface area (Å²) in [4.78, 5) is 24.2. The van der Waals surface area contributed by atoms with Crippen LogP contribution in [0.4, 0.5) is 0 Å². The summed E-state index contributed by atoms with van der Waals surface area (Å²) in [7, 11) is 0. The number of allylic oxidation sites excluding steroid dienone is 4. The van der Waals surface area contributed by atoms with E-state index in [-0.39, 0.29) is 0 Å². The maximum Gasteiger partial charge on any atom is 0.167 e. The Morgan fingerprint density at radius 2 is 1.38 bits per heavy atom. The first-order valence-electron chi connectivity index (χ1n) is 16.1. The van der Waals surface area contributed by atoms with Gasteiger partial charge in [0.05, 0.1) is 16.6 Å². The van der Waals surface area contributed by atoms with Crippen molar-refractivity contribution in [3.63, 3.8) is 0 Å². The lowest BCUT2D eigenvalue weighted by Gasteiger charge is -2.14. The second-order valence-corrected chi connectivity index (χ2v) is 12.2. The largest absolute Gasteiger partial charge is 0.455 e. The molecule has 0 fully saturated rings.